The molecular weight excluding hydrogens is 392 g/mol. The number of hydrogen-bond acceptors (Lipinski definition) is 3. The first-order valence-corrected chi connectivity index (χ1v) is 11.8. The van der Waals surface area contributed by atoms with E-state index in [0.717, 1.165) is 41.3 Å². The van der Waals surface area contributed by atoms with Gasteiger partial charge < -0.3 is 0 Å². The third kappa shape index (κ3) is 3.97. The fraction of sp³-hybridized carbons (Fsp3) is 0.321. The third-order valence-electron chi connectivity index (χ3n) is 6.83. The highest BCUT2D eigenvalue weighted by atomic mass is 15.6. The van der Waals surface area contributed by atoms with Crippen LogP contribution >= 0.6 is 0 Å². The number of tetrazole rings is 1. The molecule has 0 aliphatic heterocycles. The molecule has 0 N–H and O–H groups in total. The SMILES string of the molecule is c1ccc(C(c2ccccc2)(c2ccccc2)n2nnc(CCC3CCCCC3)n2)cc1. The number of hydrogen-bond donors (Lipinski definition) is 0. The zero-order valence-corrected chi connectivity index (χ0v) is 18.5. The van der Waals surface area contributed by atoms with E-state index >= 15 is 0 Å². The van der Waals surface area contributed by atoms with Crippen molar-refractivity contribution in [1.29, 1.82) is 0 Å². The Kier molecular flexibility index (Phi) is 6.11. The van der Waals surface area contributed by atoms with Gasteiger partial charge in [-0.1, -0.05) is 123 Å². The molecule has 1 aliphatic carbocycles. The van der Waals surface area contributed by atoms with Crippen LogP contribution in [-0.4, -0.2) is 20.2 Å². The van der Waals surface area contributed by atoms with E-state index in [1.165, 1.54) is 32.1 Å². The molecule has 1 saturated carbocycles. The van der Waals surface area contributed by atoms with Gasteiger partial charge in [0.05, 0.1) is 0 Å². The summed E-state index contributed by atoms with van der Waals surface area (Å²) in [6.45, 7) is 0. The monoisotopic (exact) mass is 422 g/mol. The van der Waals surface area contributed by atoms with E-state index in [0.29, 0.717) is 0 Å². The smallest absolute Gasteiger partial charge is 0.144 e. The Morgan fingerprint density at radius 3 is 1.69 bits per heavy atom. The molecule has 1 fully saturated rings. The highest BCUT2D eigenvalue weighted by molar-refractivity contribution is 5.49. The molecule has 3 aromatic carbocycles. The van der Waals surface area contributed by atoms with E-state index in [-0.39, 0.29) is 0 Å². The normalized spacial score (nSPS) is 15.0. The maximum atomic E-state index is 4.99. The Morgan fingerprint density at radius 1 is 0.688 bits per heavy atom. The van der Waals surface area contributed by atoms with Crippen LogP contribution in [0, 0.1) is 5.92 Å². The third-order valence-corrected chi connectivity index (χ3v) is 6.83. The van der Waals surface area contributed by atoms with Gasteiger partial charge in [0, 0.05) is 6.42 Å². The lowest BCUT2D eigenvalue weighted by atomic mass is 9.77. The number of benzene rings is 3. The van der Waals surface area contributed by atoms with Crippen molar-refractivity contribution in [3.63, 3.8) is 0 Å². The van der Waals surface area contributed by atoms with Crippen LogP contribution in [0.5, 0.6) is 0 Å². The number of aromatic nitrogens is 4. The molecule has 4 heteroatoms. The minimum atomic E-state index is -0.681. The Hall–Kier alpha value is -3.27. The molecule has 0 radical (unpaired) electrons. The minimum absolute atomic E-state index is 0.681. The highest BCUT2D eigenvalue weighted by Gasteiger charge is 2.41. The van der Waals surface area contributed by atoms with E-state index in [9.17, 15) is 0 Å². The molecule has 162 valence electrons. The molecule has 1 aliphatic rings. The molecule has 1 aromatic heterocycles. The zero-order chi connectivity index (χ0) is 21.6. The lowest BCUT2D eigenvalue weighted by Crippen LogP contribution is -2.39. The summed E-state index contributed by atoms with van der Waals surface area (Å²) in [5, 5.41) is 14.2. The summed E-state index contributed by atoms with van der Waals surface area (Å²) in [6, 6.07) is 31.6. The van der Waals surface area contributed by atoms with Crippen LogP contribution in [0.25, 0.3) is 0 Å². The van der Waals surface area contributed by atoms with Crippen LogP contribution < -0.4 is 0 Å². The highest BCUT2D eigenvalue weighted by Crippen LogP contribution is 2.39. The van der Waals surface area contributed by atoms with E-state index in [1.54, 1.807) is 0 Å². The van der Waals surface area contributed by atoms with E-state index in [4.69, 9.17) is 5.10 Å². The van der Waals surface area contributed by atoms with Crippen molar-refractivity contribution in [1.82, 2.24) is 20.2 Å². The van der Waals surface area contributed by atoms with Gasteiger partial charge in [-0.2, -0.15) is 0 Å². The molecule has 0 saturated heterocycles. The molecule has 5 rings (SSSR count). The van der Waals surface area contributed by atoms with Crippen molar-refractivity contribution in [3.8, 4) is 0 Å². The summed E-state index contributed by atoms with van der Waals surface area (Å²) in [5.41, 5.74) is 2.68. The van der Waals surface area contributed by atoms with Crippen LogP contribution in [-0.2, 0) is 12.0 Å². The quantitative estimate of drug-likeness (QED) is 0.342. The van der Waals surface area contributed by atoms with Crippen LogP contribution in [0.4, 0.5) is 0 Å². The Labute approximate surface area is 190 Å². The Balaban J connectivity index is 1.60. The Morgan fingerprint density at radius 2 is 1.19 bits per heavy atom. The summed E-state index contributed by atoms with van der Waals surface area (Å²) in [5.74, 6) is 1.64. The first-order valence-electron chi connectivity index (χ1n) is 11.8. The average molecular weight is 423 g/mol. The van der Waals surface area contributed by atoms with Crippen molar-refractivity contribution in [3.05, 3.63) is 114 Å². The molecule has 32 heavy (non-hydrogen) atoms. The van der Waals surface area contributed by atoms with Crippen LogP contribution in [0.2, 0.25) is 0 Å². The van der Waals surface area contributed by atoms with Gasteiger partial charge in [0.15, 0.2) is 11.4 Å². The first-order chi connectivity index (χ1) is 15.9. The molecule has 0 unspecified atom stereocenters. The molecule has 4 aromatic rings. The van der Waals surface area contributed by atoms with Gasteiger partial charge in [-0.05, 0) is 34.2 Å². The number of rotatable bonds is 7. The van der Waals surface area contributed by atoms with Gasteiger partial charge >= 0.3 is 0 Å². The summed E-state index contributed by atoms with van der Waals surface area (Å²) in [7, 11) is 0. The minimum Gasteiger partial charge on any atom is -0.144 e. The van der Waals surface area contributed by atoms with Gasteiger partial charge in [0.2, 0.25) is 0 Å². The molecule has 0 spiro atoms. The van der Waals surface area contributed by atoms with Crippen molar-refractivity contribution in [2.24, 2.45) is 5.92 Å². The number of aryl methyl sites for hydroxylation is 1. The molecule has 0 atom stereocenters. The van der Waals surface area contributed by atoms with E-state index in [2.05, 4.69) is 101 Å². The topological polar surface area (TPSA) is 43.6 Å². The second-order valence-electron chi connectivity index (χ2n) is 8.85. The average Bonchev–Trinajstić information content (AvgIpc) is 3.35. The zero-order valence-electron chi connectivity index (χ0n) is 18.5. The summed E-state index contributed by atoms with van der Waals surface area (Å²) in [6.07, 6.45) is 8.85. The molecule has 1 heterocycles. The van der Waals surface area contributed by atoms with E-state index < -0.39 is 5.54 Å². The van der Waals surface area contributed by atoms with E-state index in [1.807, 2.05) is 4.80 Å². The fourth-order valence-corrected chi connectivity index (χ4v) is 5.18. The van der Waals surface area contributed by atoms with Gasteiger partial charge in [-0.25, -0.2) is 0 Å². The van der Waals surface area contributed by atoms with Crippen molar-refractivity contribution in [2.75, 3.05) is 0 Å². The van der Waals surface area contributed by atoms with Gasteiger partial charge in [0.25, 0.3) is 0 Å². The lowest BCUT2D eigenvalue weighted by Gasteiger charge is -2.34. The van der Waals surface area contributed by atoms with Crippen LogP contribution in [0.15, 0.2) is 91.0 Å². The molecule has 4 nitrogen and oxygen atoms in total. The number of nitrogens with zero attached hydrogens (tertiary/aromatic N) is 4. The maximum Gasteiger partial charge on any atom is 0.174 e. The first kappa shape index (κ1) is 20.6. The van der Waals surface area contributed by atoms with Gasteiger partial charge in [0.1, 0.15) is 0 Å². The second-order valence-corrected chi connectivity index (χ2v) is 8.85. The van der Waals surface area contributed by atoms with Crippen molar-refractivity contribution < 1.29 is 0 Å². The maximum absolute atomic E-state index is 4.99. The van der Waals surface area contributed by atoms with Gasteiger partial charge in [-0.15, -0.1) is 15.0 Å². The van der Waals surface area contributed by atoms with Crippen LogP contribution in [0.3, 0.4) is 0 Å². The van der Waals surface area contributed by atoms with Gasteiger partial charge in [-0.3, -0.25) is 0 Å². The largest absolute Gasteiger partial charge is 0.174 e. The van der Waals surface area contributed by atoms with Crippen molar-refractivity contribution >= 4 is 0 Å². The summed E-state index contributed by atoms with van der Waals surface area (Å²) < 4.78 is 0. The molecule has 0 bridgehead atoms. The summed E-state index contributed by atoms with van der Waals surface area (Å²) >= 11 is 0. The van der Waals surface area contributed by atoms with Crippen molar-refractivity contribution in [2.45, 2.75) is 50.5 Å². The van der Waals surface area contributed by atoms with Crippen LogP contribution in [0.1, 0.15) is 61.0 Å². The predicted molar refractivity (Wildman–Crippen MR) is 127 cm³/mol. The molecule has 0 amide bonds. The standard InChI is InChI=1S/C28H30N4/c1-5-13-23(14-6-1)21-22-27-29-31-32(30-27)28(24-15-7-2-8-16-24,25-17-9-3-10-18-25)26-19-11-4-12-20-26/h2-4,7-12,15-20,23H,1,5-6,13-14,21-22H2. The predicted octanol–water partition coefficient (Wildman–Crippen LogP) is 6.03. The lowest BCUT2D eigenvalue weighted by molar-refractivity contribution is 0.336. The summed E-state index contributed by atoms with van der Waals surface area (Å²) in [4.78, 5) is 1.84. The Bertz CT molecular complexity index is 1000. The molecular formula is C28H30N4. The second kappa shape index (κ2) is 9.47. The fourth-order valence-electron chi connectivity index (χ4n) is 5.18.